The Kier molecular flexibility index (Phi) is 6.02. The minimum absolute atomic E-state index is 0.219. The Balaban J connectivity index is 1.72. The topological polar surface area (TPSA) is 64.6 Å². The van der Waals surface area contributed by atoms with E-state index in [-0.39, 0.29) is 18.6 Å². The maximum absolute atomic E-state index is 12.8. The van der Waals surface area contributed by atoms with E-state index in [0.717, 1.165) is 16.7 Å². The van der Waals surface area contributed by atoms with E-state index in [0.29, 0.717) is 12.8 Å². The number of hydrogen-bond acceptors (Lipinski definition) is 4. The molecule has 3 rings (SSSR count). The monoisotopic (exact) mass is 381 g/mol. The number of ether oxygens (including phenoxy) is 2. The average Bonchev–Trinajstić information content (AvgIpc) is 2.65. The molecule has 1 amide bonds. The van der Waals surface area contributed by atoms with Crippen molar-refractivity contribution in [3.63, 3.8) is 0 Å². The Morgan fingerprint density at radius 3 is 2.21 bits per heavy atom. The van der Waals surface area contributed by atoms with Crippen molar-refractivity contribution in [2.75, 3.05) is 0 Å². The second kappa shape index (κ2) is 8.46. The van der Waals surface area contributed by atoms with Gasteiger partial charge in [-0.1, -0.05) is 54.6 Å². The third kappa shape index (κ3) is 5.35. The standard InChI is InChI=1S/C23H27NO4/c1-23(2,3)28-22(26)24-20-14-18-12-8-7-11-17(18)13-19(20)21(25)27-15-16-9-5-4-6-10-16/h4-12,19-20H,13-15H2,1-3H3,(H,24,26)/t19-,20+/m0/s1. The summed E-state index contributed by atoms with van der Waals surface area (Å²) in [5, 5.41) is 2.88. The van der Waals surface area contributed by atoms with Gasteiger partial charge in [0.2, 0.25) is 0 Å². The Morgan fingerprint density at radius 1 is 0.964 bits per heavy atom. The molecule has 0 aromatic heterocycles. The molecule has 5 nitrogen and oxygen atoms in total. The highest BCUT2D eigenvalue weighted by Gasteiger charge is 2.36. The van der Waals surface area contributed by atoms with Crippen LogP contribution in [0.3, 0.4) is 0 Å². The lowest BCUT2D eigenvalue weighted by Crippen LogP contribution is -2.49. The largest absolute Gasteiger partial charge is 0.461 e. The first-order valence-electron chi connectivity index (χ1n) is 9.59. The molecule has 0 heterocycles. The van der Waals surface area contributed by atoms with Gasteiger partial charge in [-0.05, 0) is 50.3 Å². The van der Waals surface area contributed by atoms with Gasteiger partial charge >= 0.3 is 12.1 Å². The van der Waals surface area contributed by atoms with E-state index in [2.05, 4.69) is 5.32 Å². The zero-order valence-corrected chi connectivity index (χ0v) is 16.6. The number of carbonyl (C=O) groups is 2. The zero-order valence-electron chi connectivity index (χ0n) is 16.6. The molecule has 0 aliphatic heterocycles. The van der Waals surface area contributed by atoms with Gasteiger partial charge in [-0.2, -0.15) is 0 Å². The van der Waals surface area contributed by atoms with Crippen LogP contribution in [0, 0.1) is 5.92 Å². The van der Waals surface area contributed by atoms with Gasteiger partial charge in [0.15, 0.2) is 0 Å². The number of carbonyl (C=O) groups excluding carboxylic acids is 2. The molecule has 2 aromatic carbocycles. The molecule has 1 N–H and O–H groups in total. The Hall–Kier alpha value is -2.82. The second-order valence-corrected chi connectivity index (χ2v) is 8.13. The van der Waals surface area contributed by atoms with Gasteiger partial charge in [0, 0.05) is 6.04 Å². The molecule has 0 fully saturated rings. The highest BCUT2D eigenvalue weighted by atomic mass is 16.6. The van der Waals surface area contributed by atoms with Crippen LogP contribution in [0.5, 0.6) is 0 Å². The predicted octanol–water partition coefficient (Wildman–Crippen LogP) is 4.04. The van der Waals surface area contributed by atoms with Crippen LogP contribution in [0.4, 0.5) is 4.79 Å². The molecule has 0 unspecified atom stereocenters. The number of fused-ring (bicyclic) bond motifs is 1. The molecule has 0 spiro atoms. The first-order valence-corrected chi connectivity index (χ1v) is 9.59. The van der Waals surface area contributed by atoms with Crippen molar-refractivity contribution in [3.8, 4) is 0 Å². The van der Waals surface area contributed by atoms with E-state index >= 15 is 0 Å². The molecule has 0 saturated carbocycles. The third-order valence-electron chi connectivity index (χ3n) is 4.71. The van der Waals surface area contributed by atoms with Gasteiger partial charge < -0.3 is 14.8 Å². The van der Waals surface area contributed by atoms with Gasteiger partial charge in [-0.3, -0.25) is 4.79 Å². The average molecular weight is 381 g/mol. The fourth-order valence-electron chi connectivity index (χ4n) is 3.41. The zero-order chi connectivity index (χ0) is 20.1. The summed E-state index contributed by atoms with van der Waals surface area (Å²) in [6.07, 6.45) is 0.586. The van der Waals surface area contributed by atoms with Crippen molar-refractivity contribution >= 4 is 12.1 Å². The smallest absolute Gasteiger partial charge is 0.407 e. The van der Waals surface area contributed by atoms with Crippen LogP contribution >= 0.6 is 0 Å². The Bertz CT molecular complexity index is 826. The van der Waals surface area contributed by atoms with Crippen LogP contribution in [0.1, 0.15) is 37.5 Å². The maximum atomic E-state index is 12.8. The summed E-state index contributed by atoms with van der Waals surface area (Å²) >= 11 is 0. The minimum atomic E-state index is -0.597. The van der Waals surface area contributed by atoms with Gasteiger partial charge in [0.25, 0.3) is 0 Å². The van der Waals surface area contributed by atoms with E-state index in [1.807, 2.05) is 75.4 Å². The van der Waals surface area contributed by atoms with E-state index in [1.54, 1.807) is 0 Å². The van der Waals surface area contributed by atoms with Gasteiger partial charge in [-0.25, -0.2) is 4.79 Å². The highest BCUT2D eigenvalue weighted by Crippen LogP contribution is 2.27. The number of benzene rings is 2. The molecular weight excluding hydrogens is 354 g/mol. The van der Waals surface area contributed by atoms with Crippen molar-refractivity contribution in [1.29, 1.82) is 0 Å². The molecular formula is C23H27NO4. The van der Waals surface area contributed by atoms with Crippen molar-refractivity contribution in [2.24, 2.45) is 5.92 Å². The van der Waals surface area contributed by atoms with E-state index in [4.69, 9.17) is 9.47 Å². The molecule has 0 saturated heterocycles. The first-order chi connectivity index (χ1) is 13.3. The summed E-state index contributed by atoms with van der Waals surface area (Å²) < 4.78 is 10.9. The molecule has 1 aliphatic rings. The van der Waals surface area contributed by atoms with Gasteiger partial charge in [0.05, 0.1) is 5.92 Å². The molecule has 0 bridgehead atoms. The summed E-state index contributed by atoms with van der Waals surface area (Å²) in [4.78, 5) is 25.1. The highest BCUT2D eigenvalue weighted by molar-refractivity contribution is 5.76. The fourth-order valence-corrected chi connectivity index (χ4v) is 3.41. The quantitative estimate of drug-likeness (QED) is 0.812. The summed E-state index contributed by atoms with van der Waals surface area (Å²) in [5.74, 6) is -0.759. The molecule has 0 radical (unpaired) electrons. The molecule has 5 heteroatoms. The molecule has 2 atom stereocenters. The second-order valence-electron chi connectivity index (χ2n) is 8.13. The summed E-state index contributed by atoms with van der Waals surface area (Å²) in [5.41, 5.74) is 2.59. The number of hydrogen-bond donors (Lipinski definition) is 1. The Morgan fingerprint density at radius 2 is 1.57 bits per heavy atom. The number of amides is 1. The lowest BCUT2D eigenvalue weighted by molar-refractivity contribution is -0.151. The summed E-state index contributed by atoms with van der Waals surface area (Å²) in [6, 6.07) is 17.2. The molecule has 1 aliphatic carbocycles. The Labute approximate surface area is 166 Å². The third-order valence-corrected chi connectivity index (χ3v) is 4.71. The number of nitrogens with one attached hydrogen (secondary N) is 1. The number of alkyl carbamates (subject to hydrolysis) is 1. The van der Waals surface area contributed by atoms with Crippen LogP contribution in [0.2, 0.25) is 0 Å². The normalized spacial score (nSPS) is 18.7. The molecule has 28 heavy (non-hydrogen) atoms. The number of esters is 1. The summed E-state index contributed by atoms with van der Waals surface area (Å²) in [7, 11) is 0. The predicted molar refractivity (Wildman–Crippen MR) is 107 cm³/mol. The van der Waals surface area contributed by atoms with Crippen LogP contribution < -0.4 is 5.32 Å². The van der Waals surface area contributed by atoms with E-state index in [1.165, 1.54) is 0 Å². The fraction of sp³-hybridized carbons (Fsp3) is 0.391. The molecule has 2 aromatic rings. The lowest BCUT2D eigenvalue weighted by atomic mass is 9.80. The van der Waals surface area contributed by atoms with Crippen molar-refractivity contribution < 1.29 is 19.1 Å². The van der Waals surface area contributed by atoms with E-state index < -0.39 is 17.6 Å². The lowest BCUT2D eigenvalue weighted by Gasteiger charge is -2.33. The van der Waals surface area contributed by atoms with Crippen LogP contribution in [-0.2, 0) is 33.7 Å². The molecule has 148 valence electrons. The first kappa shape index (κ1) is 19.9. The summed E-state index contributed by atoms with van der Waals surface area (Å²) in [6.45, 7) is 5.66. The van der Waals surface area contributed by atoms with Gasteiger partial charge in [-0.15, -0.1) is 0 Å². The van der Waals surface area contributed by atoms with E-state index in [9.17, 15) is 9.59 Å². The van der Waals surface area contributed by atoms with Gasteiger partial charge in [0.1, 0.15) is 12.2 Å². The van der Waals surface area contributed by atoms with Crippen LogP contribution in [0.25, 0.3) is 0 Å². The maximum Gasteiger partial charge on any atom is 0.407 e. The van der Waals surface area contributed by atoms with Crippen molar-refractivity contribution in [2.45, 2.75) is 51.9 Å². The SMILES string of the molecule is CC(C)(C)OC(=O)N[C@@H]1Cc2ccccc2C[C@@H]1C(=O)OCc1ccccc1. The van der Waals surface area contributed by atoms with Crippen molar-refractivity contribution in [3.05, 3.63) is 71.3 Å². The van der Waals surface area contributed by atoms with Crippen molar-refractivity contribution in [1.82, 2.24) is 5.32 Å². The van der Waals surface area contributed by atoms with Crippen LogP contribution in [0.15, 0.2) is 54.6 Å². The number of rotatable bonds is 4. The minimum Gasteiger partial charge on any atom is -0.461 e. The van der Waals surface area contributed by atoms with Crippen LogP contribution in [-0.4, -0.2) is 23.7 Å².